The average molecular weight is 322 g/mol. The number of para-hydroxylation sites is 3. The van der Waals surface area contributed by atoms with Crippen molar-refractivity contribution in [3.63, 3.8) is 0 Å². The molecule has 124 valence electrons. The van der Waals surface area contributed by atoms with Crippen LogP contribution in [0.3, 0.4) is 0 Å². The number of nitrogens with one attached hydrogen (secondary N) is 1. The quantitative estimate of drug-likeness (QED) is 0.709. The largest absolute Gasteiger partial charge is 0.399 e. The molecule has 1 heterocycles. The lowest BCUT2D eigenvalue weighted by atomic mass is 10.1. The van der Waals surface area contributed by atoms with Crippen LogP contribution in [-0.2, 0) is 18.3 Å². The summed E-state index contributed by atoms with van der Waals surface area (Å²) in [5, 5.41) is 3.02. The third kappa shape index (κ3) is 3.25. The molecule has 3 rings (SSSR count). The van der Waals surface area contributed by atoms with E-state index >= 15 is 0 Å². The highest BCUT2D eigenvalue weighted by molar-refractivity contribution is 5.78. The van der Waals surface area contributed by atoms with Crippen molar-refractivity contribution in [1.29, 1.82) is 0 Å². The van der Waals surface area contributed by atoms with E-state index in [9.17, 15) is 4.79 Å². The molecule has 1 unspecified atom stereocenters. The second-order valence-electron chi connectivity index (χ2n) is 6.01. The van der Waals surface area contributed by atoms with E-state index in [-0.39, 0.29) is 11.9 Å². The van der Waals surface area contributed by atoms with Gasteiger partial charge in [-0.15, -0.1) is 0 Å². The van der Waals surface area contributed by atoms with E-state index in [0.29, 0.717) is 12.8 Å². The number of fused-ring (bicyclic) bond motifs is 1. The zero-order valence-electron chi connectivity index (χ0n) is 14.0. The molecule has 0 aliphatic carbocycles. The van der Waals surface area contributed by atoms with Gasteiger partial charge in [-0.25, -0.2) is 4.98 Å². The van der Waals surface area contributed by atoms with E-state index in [4.69, 9.17) is 5.73 Å². The Bertz CT molecular complexity index is 869. The summed E-state index contributed by atoms with van der Waals surface area (Å²) in [4.78, 5) is 16.9. The molecule has 1 amide bonds. The maximum Gasteiger partial charge on any atom is 0.220 e. The molecular weight excluding hydrogens is 300 g/mol. The number of nitrogens with two attached hydrogens (primary N) is 1. The number of nitrogen functional groups attached to an aromatic ring is 1. The SMILES string of the molecule is CC(NC(=O)CCc1ccccc1N)c1nc2ccccc2n1C. The molecule has 0 bridgehead atoms. The number of nitrogens with zero attached hydrogens (tertiary/aromatic N) is 2. The summed E-state index contributed by atoms with van der Waals surface area (Å²) in [6, 6.07) is 15.5. The number of imidazole rings is 1. The second-order valence-corrected chi connectivity index (χ2v) is 6.01. The number of hydrogen-bond donors (Lipinski definition) is 2. The highest BCUT2D eigenvalue weighted by Gasteiger charge is 2.16. The molecule has 1 aromatic heterocycles. The fourth-order valence-electron chi connectivity index (χ4n) is 2.94. The lowest BCUT2D eigenvalue weighted by Gasteiger charge is -2.14. The van der Waals surface area contributed by atoms with Crippen LogP contribution in [0.4, 0.5) is 5.69 Å². The van der Waals surface area contributed by atoms with E-state index in [1.165, 1.54) is 0 Å². The number of carbonyl (C=O) groups is 1. The summed E-state index contributed by atoms with van der Waals surface area (Å²) >= 11 is 0. The standard InChI is InChI=1S/C19H22N4O/c1-13(19-22-16-9-5-6-10-17(16)23(19)2)21-18(24)12-11-14-7-3-4-8-15(14)20/h3-10,13H,11-12,20H2,1-2H3,(H,21,24). The zero-order chi connectivity index (χ0) is 17.1. The molecule has 0 spiro atoms. The maximum atomic E-state index is 12.2. The summed E-state index contributed by atoms with van der Waals surface area (Å²) in [5.41, 5.74) is 9.65. The number of rotatable bonds is 5. The number of anilines is 1. The summed E-state index contributed by atoms with van der Waals surface area (Å²) in [7, 11) is 1.97. The molecule has 2 aromatic carbocycles. The molecule has 0 aliphatic rings. The number of carbonyl (C=O) groups excluding carboxylic acids is 1. The van der Waals surface area contributed by atoms with E-state index < -0.39 is 0 Å². The Morgan fingerprint density at radius 3 is 2.67 bits per heavy atom. The molecule has 0 saturated heterocycles. The predicted molar refractivity (Wildman–Crippen MR) is 96.4 cm³/mol. The van der Waals surface area contributed by atoms with E-state index in [1.54, 1.807) is 0 Å². The van der Waals surface area contributed by atoms with Crippen molar-refractivity contribution in [3.05, 3.63) is 59.9 Å². The minimum Gasteiger partial charge on any atom is -0.399 e. The van der Waals surface area contributed by atoms with Crippen molar-refractivity contribution in [2.45, 2.75) is 25.8 Å². The first kappa shape index (κ1) is 16.1. The minimum absolute atomic E-state index is 0.00203. The molecule has 24 heavy (non-hydrogen) atoms. The summed E-state index contributed by atoms with van der Waals surface area (Å²) in [5.74, 6) is 0.849. The van der Waals surface area contributed by atoms with Gasteiger partial charge in [-0.2, -0.15) is 0 Å². The van der Waals surface area contributed by atoms with Crippen LogP contribution in [0.2, 0.25) is 0 Å². The number of hydrogen-bond acceptors (Lipinski definition) is 3. The van der Waals surface area contributed by atoms with Gasteiger partial charge in [0, 0.05) is 19.2 Å². The van der Waals surface area contributed by atoms with Gasteiger partial charge in [0.1, 0.15) is 5.82 Å². The molecule has 0 fully saturated rings. The minimum atomic E-state index is -0.150. The van der Waals surface area contributed by atoms with Crippen molar-refractivity contribution in [2.75, 3.05) is 5.73 Å². The fourth-order valence-corrected chi connectivity index (χ4v) is 2.94. The van der Waals surface area contributed by atoms with Crippen molar-refractivity contribution in [1.82, 2.24) is 14.9 Å². The van der Waals surface area contributed by atoms with Gasteiger partial charge in [0.2, 0.25) is 5.91 Å². The fraction of sp³-hybridized carbons (Fsp3) is 0.263. The van der Waals surface area contributed by atoms with Gasteiger partial charge < -0.3 is 15.6 Å². The monoisotopic (exact) mass is 322 g/mol. The Hall–Kier alpha value is -2.82. The molecule has 5 nitrogen and oxygen atoms in total. The lowest BCUT2D eigenvalue weighted by molar-refractivity contribution is -0.121. The average Bonchev–Trinajstić information content (AvgIpc) is 2.92. The molecule has 0 saturated carbocycles. The van der Waals surface area contributed by atoms with Crippen molar-refractivity contribution in [3.8, 4) is 0 Å². The van der Waals surface area contributed by atoms with Crippen LogP contribution in [0, 0.1) is 0 Å². The van der Waals surface area contributed by atoms with Crippen LogP contribution in [-0.4, -0.2) is 15.5 Å². The highest BCUT2D eigenvalue weighted by Crippen LogP contribution is 2.19. The van der Waals surface area contributed by atoms with Crippen molar-refractivity contribution < 1.29 is 4.79 Å². The second kappa shape index (κ2) is 6.74. The van der Waals surface area contributed by atoms with Crippen molar-refractivity contribution in [2.24, 2.45) is 7.05 Å². The lowest BCUT2D eigenvalue weighted by Crippen LogP contribution is -2.28. The molecule has 0 aliphatic heterocycles. The summed E-state index contributed by atoms with van der Waals surface area (Å²) in [6.45, 7) is 1.95. The number of aromatic nitrogens is 2. The van der Waals surface area contributed by atoms with Gasteiger partial charge in [0.15, 0.2) is 0 Å². The molecular formula is C19H22N4O. The van der Waals surface area contributed by atoms with Crippen LogP contribution >= 0.6 is 0 Å². The Balaban J connectivity index is 1.65. The van der Waals surface area contributed by atoms with Crippen LogP contribution in [0.25, 0.3) is 11.0 Å². The van der Waals surface area contributed by atoms with Crippen LogP contribution in [0.15, 0.2) is 48.5 Å². The van der Waals surface area contributed by atoms with Gasteiger partial charge in [0.25, 0.3) is 0 Å². The first-order valence-electron chi connectivity index (χ1n) is 8.10. The highest BCUT2D eigenvalue weighted by atomic mass is 16.1. The van der Waals surface area contributed by atoms with Gasteiger partial charge in [-0.1, -0.05) is 30.3 Å². The zero-order valence-corrected chi connectivity index (χ0v) is 14.0. The summed E-state index contributed by atoms with van der Waals surface area (Å²) in [6.07, 6.45) is 1.04. The molecule has 1 atom stereocenters. The van der Waals surface area contributed by atoms with Gasteiger partial charge in [-0.05, 0) is 37.1 Å². The molecule has 3 aromatic rings. The van der Waals surface area contributed by atoms with E-state index in [2.05, 4.69) is 10.3 Å². The Kier molecular flexibility index (Phi) is 4.51. The first-order valence-corrected chi connectivity index (χ1v) is 8.10. The Morgan fingerprint density at radius 2 is 1.92 bits per heavy atom. The van der Waals surface area contributed by atoms with Crippen molar-refractivity contribution >= 4 is 22.6 Å². The number of benzene rings is 2. The summed E-state index contributed by atoms with van der Waals surface area (Å²) < 4.78 is 2.02. The molecule has 3 N–H and O–H groups in total. The van der Waals surface area contributed by atoms with Gasteiger partial charge in [0.05, 0.1) is 17.1 Å². The number of amides is 1. The van der Waals surface area contributed by atoms with E-state index in [0.717, 1.165) is 28.1 Å². The van der Waals surface area contributed by atoms with Crippen LogP contribution in [0.5, 0.6) is 0 Å². The normalized spacial score (nSPS) is 12.2. The molecule has 0 radical (unpaired) electrons. The van der Waals surface area contributed by atoms with Gasteiger partial charge >= 0.3 is 0 Å². The Labute approximate surface area is 141 Å². The van der Waals surface area contributed by atoms with Gasteiger partial charge in [-0.3, -0.25) is 4.79 Å². The maximum absolute atomic E-state index is 12.2. The molecule has 5 heteroatoms. The Morgan fingerprint density at radius 1 is 1.21 bits per heavy atom. The third-order valence-corrected chi connectivity index (χ3v) is 4.26. The number of aryl methyl sites for hydroxylation is 2. The van der Waals surface area contributed by atoms with Crippen LogP contribution < -0.4 is 11.1 Å². The third-order valence-electron chi connectivity index (χ3n) is 4.26. The van der Waals surface area contributed by atoms with E-state index in [1.807, 2.05) is 67.1 Å². The van der Waals surface area contributed by atoms with Crippen LogP contribution in [0.1, 0.15) is 30.8 Å². The smallest absolute Gasteiger partial charge is 0.220 e. The topological polar surface area (TPSA) is 72.9 Å². The first-order chi connectivity index (χ1) is 11.6. The predicted octanol–water partition coefficient (Wildman–Crippen LogP) is 2.97.